The van der Waals surface area contributed by atoms with E-state index in [0.717, 1.165) is 11.3 Å². The van der Waals surface area contributed by atoms with Crippen LogP contribution in [0.25, 0.3) is 11.4 Å². The molecular formula is C24H28ClN5O4. The first-order chi connectivity index (χ1) is 16.4. The second kappa shape index (κ2) is 10.2. The Morgan fingerprint density at radius 1 is 1.06 bits per heavy atom. The molecule has 1 aromatic heterocycles. The van der Waals surface area contributed by atoms with Gasteiger partial charge in [-0.2, -0.15) is 4.98 Å². The maximum Gasteiger partial charge on any atom is 0.322 e. The van der Waals surface area contributed by atoms with Crippen molar-refractivity contribution in [3.05, 3.63) is 47.3 Å². The van der Waals surface area contributed by atoms with Crippen LogP contribution in [0.15, 0.2) is 40.9 Å². The molecule has 0 unspecified atom stereocenters. The van der Waals surface area contributed by atoms with Gasteiger partial charge in [-0.05, 0) is 30.3 Å². The number of aromatic nitrogens is 2. The first-order valence-electron chi connectivity index (χ1n) is 11.1. The lowest BCUT2D eigenvalue weighted by Gasteiger charge is -2.36. The van der Waals surface area contributed by atoms with E-state index in [2.05, 4.69) is 20.4 Å². The molecule has 1 fully saturated rings. The van der Waals surface area contributed by atoms with Gasteiger partial charge in [-0.15, -0.1) is 0 Å². The monoisotopic (exact) mass is 485 g/mol. The summed E-state index contributed by atoms with van der Waals surface area (Å²) in [7, 11) is 3.06. The van der Waals surface area contributed by atoms with Gasteiger partial charge in [0.05, 0.1) is 24.9 Å². The number of piperazine rings is 1. The number of hydrogen-bond acceptors (Lipinski definition) is 7. The van der Waals surface area contributed by atoms with Gasteiger partial charge < -0.3 is 29.1 Å². The smallest absolute Gasteiger partial charge is 0.322 e. The normalized spacial score (nSPS) is 13.8. The fourth-order valence-corrected chi connectivity index (χ4v) is 3.97. The van der Waals surface area contributed by atoms with Crippen molar-refractivity contribution in [2.75, 3.05) is 50.6 Å². The summed E-state index contributed by atoms with van der Waals surface area (Å²) in [6.07, 6.45) is 0. The number of rotatable bonds is 6. The molecule has 34 heavy (non-hydrogen) atoms. The summed E-state index contributed by atoms with van der Waals surface area (Å²) in [5.74, 6) is 2.37. The number of halogens is 1. The van der Waals surface area contributed by atoms with Gasteiger partial charge in [-0.1, -0.05) is 30.6 Å². The zero-order chi connectivity index (χ0) is 24.2. The van der Waals surface area contributed by atoms with Crippen molar-refractivity contribution in [3.63, 3.8) is 0 Å². The molecule has 0 saturated carbocycles. The summed E-state index contributed by atoms with van der Waals surface area (Å²) in [5.41, 5.74) is 2.49. The number of hydrogen-bond donors (Lipinski definition) is 1. The van der Waals surface area contributed by atoms with Crippen LogP contribution >= 0.6 is 11.6 Å². The lowest BCUT2D eigenvalue weighted by atomic mass is 10.1. The van der Waals surface area contributed by atoms with Crippen molar-refractivity contribution < 1.29 is 18.8 Å². The van der Waals surface area contributed by atoms with Gasteiger partial charge in [-0.25, -0.2) is 4.79 Å². The van der Waals surface area contributed by atoms with Crippen LogP contribution in [-0.4, -0.2) is 61.5 Å². The average Bonchev–Trinajstić information content (AvgIpc) is 3.35. The van der Waals surface area contributed by atoms with Gasteiger partial charge in [-0.3, -0.25) is 0 Å². The van der Waals surface area contributed by atoms with E-state index in [0.29, 0.717) is 60.1 Å². The van der Waals surface area contributed by atoms with E-state index < -0.39 is 0 Å². The standard InChI is InChI=1S/C24H28ClN5O4/c1-15(2)23-27-22(28-34-23)16-5-7-17(8-6-16)29-9-11-30(12-10-29)24(31)26-19-13-18(25)20(32-3)14-21(19)33-4/h5-8,13-15H,9-12H2,1-4H3,(H,26,31). The van der Waals surface area contributed by atoms with Crippen LogP contribution < -0.4 is 19.7 Å². The van der Waals surface area contributed by atoms with Crippen molar-refractivity contribution in [1.29, 1.82) is 0 Å². The minimum absolute atomic E-state index is 0.191. The molecule has 1 saturated heterocycles. The number of amides is 2. The lowest BCUT2D eigenvalue weighted by molar-refractivity contribution is 0.208. The maximum atomic E-state index is 12.8. The van der Waals surface area contributed by atoms with Crippen LogP contribution in [0.2, 0.25) is 5.02 Å². The lowest BCUT2D eigenvalue weighted by Crippen LogP contribution is -2.50. The van der Waals surface area contributed by atoms with E-state index in [1.807, 2.05) is 38.1 Å². The van der Waals surface area contributed by atoms with Crippen LogP contribution in [-0.2, 0) is 0 Å². The first kappa shape index (κ1) is 23.7. The van der Waals surface area contributed by atoms with Gasteiger partial charge in [0.2, 0.25) is 11.7 Å². The fraction of sp³-hybridized carbons (Fsp3) is 0.375. The largest absolute Gasteiger partial charge is 0.495 e. The number of methoxy groups -OCH3 is 2. The van der Waals surface area contributed by atoms with Crippen LogP contribution in [0.5, 0.6) is 11.5 Å². The molecule has 2 amide bonds. The Bertz CT molecular complexity index is 1140. The molecule has 0 atom stereocenters. The SMILES string of the molecule is COc1cc(OC)c(NC(=O)N2CCN(c3ccc(-c4noc(C(C)C)n4)cc3)CC2)cc1Cl. The van der Waals surface area contributed by atoms with Gasteiger partial charge in [0, 0.05) is 49.4 Å². The van der Waals surface area contributed by atoms with Crippen LogP contribution in [0, 0.1) is 0 Å². The molecule has 9 nitrogen and oxygen atoms in total. The van der Waals surface area contributed by atoms with Crippen molar-refractivity contribution in [3.8, 4) is 22.9 Å². The van der Waals surface area contributed by atoms with E-state index in [1.165, 1.54) is 14.2 Å². The molecule has 3 aromatic rings. The minimum Gasteiger partial charge on any atom is -0.495 e. The van der Waals surface area contributed by atoms with E-state index >= 15 is 0 Å². The van der Waals surface area contributed by atoms with Gasteiger partial charge in [0.25, 0.3) is 0 Å². The molecule has 0 bridgehead atoms. The third kappa shape index (κ3) is 5.04. The van der Waals surface area contributed by atoms with Crippen LogP contribution in [0.1, 0.15) is 25.7 Å². The zero-order valence-electron chi connectivity index (χ0n) is 19.7. The molecule has 0 radical (unpaired) electrons. The number of ether oxygens (including phenoxy) is 2. The number of anilines is 2. The van der Waals surface area contributed by atoms with Gasteiger partial charge in [0.1, 0.15) is 11.5 Å². The highest BCUT2D eigenvalue weighted by Crippen LogP contribution is 2.36. The predicted molar refractivity (Wildman–Crippen MR) is 131 cm³/mol. The molecule has 0 spiro atoms. The van der Waals surface area contributed by atoms with Crippen LogP contribution in [0.3, 0.4) is 0 Å². The maximum absolute atomic E-state index is 12.8. The van der Waals surface area contributed by atoms with Crippen molar-refractivity contribution in [2.24, 2.45) is 0 Å². The van der Waals surface area contributed by atoms with Crippen LogP contribution in [0.4, 0.5) is 16.2 Å². The second-order valence-corrected chi connectivity index (χ2v) is 8.66. The topological polar surface area (TPSA) is 93.0 Å². The quantitative estimate of drug-likeness (QED) is 0.531. The molecule has 2 heterocycles. The molecule has 1 aliphatic rings. The Hall–Kier alpha value is -3.46. The number of carbonyl (C=O) groups is 1. The number of benzene rings is 2. The number of nitrogens with one attached hydrogen (secondary N) is 1. The third-order valence-corrected chi connectivity index (χ3v) is 6.00. The second-order valence-electron chi connectivity index (χ2n) is 8.25. The number of urea groups is 1. The summed E-state index contributed by atoms with van der Waals surface area (Å²) < 4.78 is 15.9. The Balaban J connectivity index is 1.36. The first-order valence-corrected chi connectivity index (χ1v) is 11.4. The molecule has 4 rings (SSSR count). The minimum atomic E-state index is -0.201. The Kier molecular flexibility index (Phi) is 7.12. The highest BCUT2D eigenvalue weighted by atomic mass is 35.5. The van der Waals surface area contributed by atoms with E-state index in [9.17, 15) is 4.79 Å². The van der Waals surface area contributed by atoms with Crippen molar-refractivity contribution in [2.45, 2.75) is 19.8 Å². The van der Waals surface area contributed by atoms with E-state index in [4.69, 9.17) is 25.6 Å². The van der Waals surface area contributed by atoms with Gasteiger partial charge in [0.15, 0.2) is 0 Å². The zero-order valence-corrected chi connectivity index (χ0v) is 20.4. The highest BCUT2D eigenvalue weighted by Gasteiger charge is 2.23. The molecule has 10 heteroatoms. The molecule has 2 aromatic carbocycles. The molecular weight excluding hydrogens is 458 g/mol. The Morgan fingerprint density at radius 3 is 2.32 bits per heavy atom. The third-order valence-electron chi connectivity index (χ3n) is 5.71. The molecule has 1 N–H and O–H groups in total. The molecule has 1 aliphatic heterocycles. The average molecular weight is 486 g/mol. The van der Waals surface area contributed by atoms with Gasteiger partial charge >= 0.3 is 6.03 Å². The van der Waals surface area contributed by atoms with E-state index in [-0.39, 0.29) is 11.9 Å². The van der Waals surface area contributed by atoms with E-state index in [1.54, 1.807) is 17.0 Å². The predicted octanol–water partition coefficient (Wildman–Crippen LogP) is 4.88. The summed E-state index contributed by atoms with van der Waals surface area (Å²) >= 11 is 6.21. The molecule has 180 valence electrons. The summed E-state index contributed by atoms with van der Waals surface area (Å²) in [4.78, 5) is 21.3. The molecule has 0 aliphatic carbocycles. The number of nitrogens with zero attached hydrogens (tertiary/aromatic N) is 4. The fourth-order valence-electron chi connectivity index (χ4n) is 3.73. The summed E-state index contributed by atoms with van der Waals surface area (Å²) in [6, 6.07) is 11.1. The van der Waals surface area contributed by atoms with Crippen molar-refractivity contribution >= 4 is 29.0 Å². The Morgan fingerprint density at radius 2 is 1.74 bits per heavy atom. The number of carbonyl (C=O) groups excluding carboxylic acids is 1. The highest BCUT2D eigenvalue weighted by molar-refractivity contribution is 6.32. The summed E-state index contributed by atoms with van der Waals surface area (Å²) in [5, 5.41) is 7.36. The summed E-state index contributed by atoms with van der Waals surface area (Å²) in [6.45, 7) is 6.64. The van der Waals surface area contributed by atoms with Crippen molar-refractivity contribution in [1.82, 2.24) is 15.0 Å². The Labute approximate surface area is 203 Å².